The lowest BCUT2D eigenvalue weighted by Gasteiger charge is -2.29. The van der Waals surface area contributed by atoms with E-state index >= 15 is 0 Å². The molecule has 3 N–H and O–H groups in total. The minimum Gasteiger partial charge on any atom is -0.496 e. The van der Waals surface area contributed by atoms with Gasteiger partial charge in [0, 0.05) is 30.3 Å². The Morgan fingerprint density at radius 1 is 1.22 bits per heavy atom. The number of hydrogen-bond acceptors (Lipinski definition) is 7. The van der Waals surface area contributed by atoms with E-state index in [1.807, 2.05) is 35.9 Å². The first-order valence-electron chi connectivity index (χ1n) is 12.8. The van der Waals surface area contributed by atoms with Crippen LogP contribution in [0.1, 0.15) is 50.1 Å². The fourth-order valence-corrected chi connectivity index (χ4v) is 5.12. The lowest BCUT2D eigenvalue weighted by atomic mass is 9.91. The van der Waals surface area contributed by atoms with Crippen LogP contribution in [0, 0.1) is 6.92 Å². The number of carbonyl (C=O) groups excluding carboxylic acids is 1. The predicted octanol–water partition coefficient (Wildman–Crippen LogP) is 3.64. The Balaban J connectivity index is 1.29. The van der Waals surface area contributed by atoms with E-state index in [-0.39, 0.29) is 18.0 Å². The van der Waals surface area contributed by atoms with Crippen LogP contribution in [0.15, 0.2) is 36.7 Å². The summed E-state index contributed by atoms with van der Waals surface area (Å²) in [4.78, 5) is 23.5. The second kappa shape index (κ2) is 10.3. The summed E-state index contributed by atoms with van der Waals surface area (Å²) >= 11 is 0. The first kappa shape index (κ1) is 24.2. The monoisotopic (exact) mass is 489 g/mol. The molecule has 2 aliphatic carbocycles. The molecule has 36 heavy (non-hydrogen) atoms. The molecule has 1 aromatic carbocycles. The molecule has 9 nitrogen and oxygen atoms in total. The van der Waals surface area contributed by atoms with Gasteiger partial charge in [-0.2, -0.15) is 5.10 Å². The first-order chi connectivity index (χ1) is 17.4. The molecule has 2 aliphatic rings. The van der Waals surface area contributed by atoms with Gasteiger partial charge in [0.05, 0.1) is 18.5 Å². The zero-order valence-electron chi connectivity index (χ0n) is 21.3. The number of nitrogens with zero attached hydrogens (tertiary/aromatic N) is 5. The highest BCUT2D eigenvalue weighted by Gasteiger charge is 2.28. The van der Waals surface area contributed by atoms with Gasteiger partial charge in [0.2, 0.25) is 5.91 Å². The van der Waals surface area contributed by atoms with E-state index in [1.54, 1.807) is 13.2 Å². The number of benzene rings is 1. The Kier molecular flexibility index (Phi) is 6.91. The second-order valence-electron chi connectivity index (χ2n) is 10.0. The van der Waals surface area contributed by atoms with Gasteiger partial charge in [0.25, 0.3) is 0 Å². The number of anilines is 1. The van der Waals surface area contributed by atoms with Crippen molar-refractivity contribution in [3.63, 3.8) is 0 Å². The van der Waals surface area contributed by atoms with Crippen molar-refractivity contribution in [2.75, 3.05) is 26.4 Å². The van der Waals surface area contributed by atoms with Crippen molar-refractivity contribution in [2.24, 2.45) is 0 Å². The standard InChI is InChI=1S/C27H35N7O2/c1-17-6-7-18(15-22(17)36-3)25-24-26(28)29-16-30-27(24)34(32-25)21-10-8-19(9-11-21)31-23(35)5-4-14-33(2)20-12-13-20/h4-7,15-16,19-21H,8-14H2,1-3H3,(H,31,35)(H2,28,29,30)/b5-4+/t19-,21+. The van der Waals surface area contributed by atoms with Gasteiger partial charge in [-0.15, -0.1) is 0 Å². The van der Waals surface area contributed by atoms with Crippen LogP contribution in [0.4, 0.5) is 5.82 Å². The van der Waals surface area contributed by atoms with Crippen LogP contribution < -0.4 is 15.8 Å². The van der Waals surface area contributed by atoms with Gasteiger partial charge in [0.1, 0.15) is 23.6 Å². The van der Waals surface area contributed by atoms with Crippen molar-refractivity contribution in [1.82, 2.24) is 30.0 Å². The molecule has 2 saturated carbocycles. The molecule has 190 valence electrons. The van der Waals surface area contributed by atoms with Crippen molar-refractivity contribution in [2.45, 2.75) is 63.6 Å². The largest absolute Gasteiger partial charge is 0.496 e. The van der Waals surface area contributed by atoms with E-state index in [9.17, 15) is 4.79 Å². The molecule has 0 atom stereocenters. The Hall–Kier alpha value is -3.46. The minimum atomic E-state index is -0.0108. The summed E-state index contributed by atoms with van der Waals surface area (Å²) in [5.41, 5.74) is 9.78. The van der Waals surface area contributed by atoms with Crippen LogP contribution in [0.3, 0.4) is 0 Å². The molecule has 5 rings (SSSR count). The van der Waals surface area contributed by atoms with E-state index < -0.39 is 0 Å². The maximum absolute atomic E-state index is 12.4. The van der Waals surface area contributed by atoms with Gasteiger partial charge in [-0.25, -0.2) is 14.6 Å². The van der Waals surface area contributed by atoms with Gasteiger partial charge < -0.3 is 15.8 Å². The smallest absolute Gasteiger partial charge is 0.243 e. The number of aryl methyl sites for hydroxylation is 1. The molecule has 9 heteroatoms. The average Bonchev–Trinajstić information content (AvgIpc) is 3.66. The molecular formula is C27H35N7O2. The maximum atomic E-state index is 12.4. The Morgan fingerprint density at radius 3 is 2.72 bits per heavy atom. The molecule has 0 aliphatic heterocycles. The molecule has 0 spiro atoms. The normalized spacial score (nSPS) is 20.3. The van der Waals surface area contributed by atoms with Crippen molar-refractivity contribution < 1.29 is 9.53 Å². The van der Waals surface area contributed by atoms with Gasteiger partial charge in [0.15, 0.2) is 5.65 Å². The van der Waals surface area contributed by atoms with Crippen LogP contribution in [0.2, 0.25) is 0 Å². The zero-order chi connectivity index (χ0) is 25.2. The highest BCUT2D eigenvalue weighted by atomic mass is 16.5. The molecular weight excluding hydrogens is 454 g/mol. The number of nitrogen functional groups attached to an aromatic ring is 1. The topological polar surface area (TPSA) is 111 Å². The first-order valence-corrected chi connectivity index (χ1v) is 12.8. The third-order valence-electron chi connectivity index (χ3n) is 7.42. The highest BCUT2D eigenvalue weighted by Crippen LogP contribution is 2.37. The van der Waals surface area contributed by atoms with Crippen LogP contribution in [-0.2, 0) is 4.79 Å². The molecule has 0 unspecified atom stereocenters. The second-order valence-corrected chi connectivity index (χ2v) is 10.0. The van der Waals surface area contributed by atoms with Gasteiger partial charge >= 0.3 is 0 Å². The maximum Gasteiger partial charge on any atom is 0.243 e. The van der Waals surface area contributed by atoms with Gasteiger partial charge in [-0.3, -0.25) is 9.69 Å². The quantitative estimate of drug-likeness (QED) is 0.465. The number of methoxy groups -OCH3 is 1. The highest BCUT2D eigenvalue weighted by molar-refractivity contribution is 5.98. The summed E-state index contributed by atoms with van der Waals surface area (Å²) < 4.78 is 7.53. The lowest BCUT2D eigenvalue weighted by molar-refractivity contribution is -0.117. The number of fused-ring (bicyclic) bond motifs is 1. The van der Waals surface area contributed by atoms with Crippen LogP contribution >= 0.6 is 0 Å². The van der Waals surface area contributed by atoms with Crippen molar-refractivity contribution >= 4 is 22.8 Å². The molecule has 2 heterocycles. The average molecular weight is 490 g/mol. The molecule has 2 aromatic heterocycles. The predicted molar refractivity (Wildman–Crippen MR) is 141 cm³/mol. The van der Waals surface area contributed by atoms with E-state index in [0.717, 1.165) is 65.8 Å². The summed E-state index contributed by atoms with van der Waals surface area (Å²) in [6.45, 7) is 2.83. The van der Waals surface area contributed by atoms with Gasteiger partial charge in [-0.05, 0) is 64.1 Å². The van der Waals surface area contributed by atoms with Crippen LogP contribution in [0.25, 0.3) is 22.3 Å². The number of nitrogens with one attached hydrogen (secondary N) is 1. The molecule has 1 amide bonds. The third kappa shape index (κ3) is 5.06. The van der Waals surface area contributed by atoms with Crippen molar-refractivity contribution in [3.05, 3.63) is 42.2 Å². The number of aromatic nitrogens is 4. The number of rotatable bonds is 8. The Bertz CT molecular complexity index is 1270. The van der Waals surface area contributed by atoms with Gasteiger partial charge in [-0.1, -0.05) is 18.2 Å². The van der Waals surface area contributed by atoms with E-state index in [4.69, 9.17) is 15.6 Å². The van der Waals surface area contributed by atoms with Crippen LogP contribution in [-0.4, -0.2) is 63.3 Å². The number of likely N-dealkylation sites (N-methyl/N-ethyl adjacent to an activating group) is 1. The summed E-state index contributed by atoms with van der Waals surface area (Å²) in [6, 6.07) is 7.07. The number of carbonyl (C=O) groups is 1. The lowest BCUT2D eigenvalue weighted by Crippen LogP contribution is -2.37. The number of nitrogens with two attached hydrogens (primary N) is 1. The fourth-order valence-electron chi connectivity index (χ4n) is 5.12. The summed E-state index contributed by atoms with van der Waals surface area (Å²) in [7, 11) is 3.78. The van der Waals surface area contributed by atoms with E-state index in [1.165, 1.54) is 19.2 Å². The number of amides is 1. The third-order valence-corrected chi connectivity index (χ3v) is 7.42. The molecule has 0 radical (unpaired) electrons. The molecule has 0 saturated heterocycles. The summed E-state index contributed by atoms with van der Waals surface area (Å²) in [6.07, 6.45) is 11.2. The minimum absolute atomic E-state index is 0.0108. The summed E-state index contributed by atoms with van der Waals surface area (Å²) in [5, 5.41) is 8.92. The van der Waals surface area contributed by atoms with Crippen LogP contribution in [0.5, 0.6) is 5.75 Å². The number of ether oxygens (including phenoxy) is 1. The van der Waals surface area contributed by atoms with E-state index in [0.29, 0.717) is 11.9 Å². The van der Waals surface area contributed by atoms with Crippen molar-refractivity contribution in [1.29, 1.82) is 0 Å². The van der Waals surface area contributed by atoms with E-state index in [2.05, 4.69) is 27.2 Å². The SMILES string of the molecule is COc1cc(-c2nn([C@H]3CC[C@@H](NC(=O)/C=C/CN(C)C4CC4)CC3)c3ncnc(N)c23)ccc1C. The Morgan fingerprint density at radius 2 is 2.00 bits per heavy atom. The summed E-state index contributed by atoms with van der Waals surface area (Å²) in [5.74, 6) is 1.21. The molecule has 2 fully saturated rings. The zero-order valence-corrected chi connectivity index (χ0v) is 21.3. The fraction of sp³-hybridized carbons (Fsp3) is 0.481. The Labute approximate surface area is 211 Å². The van der Waals surface area contributed by atoms with Crippen molar-refractivity contribution in [3.8, 4) is 17.0 Å². The number of hydrogen-bond donors (Lipinski definition) is 2. The molecule has 3 aromatic rings. The molecule has 0 bridgehead atoms.